The minimum Gasteiger partial charge on any atom is -0.467 e. The Morgan fingerprint density at radius 3 is 2.87 bits per heavy atom. The molecule has 0 unspecified atom stereocenters. The number of benzene rings is 1. The lowest BCUT2D eigenvalue weighted by Gasteiger charge is -2.15. The zero-order chi connectivity index (χ0) is 16.4. The molecule has 2 heterocycles. The van der Waals surface area contributed by atoms with Gasteiger partial charge in [0.05, 0.1) is 23.7 Å². The van der Waals surface area contributed by atoms with Crippen LogP contribution in [0.3, 0.4) is 0 Å². The predicted octanol–water partition coefficient (Wildman–Crippen LogP) is 2.53. The number of hydrogen-bond donors (Lipinski definition) is 2. The number of nitrogens with zero attached hydrogens (tertiary/aromatic N) is 1. The summed E-state index contributed by atoms with van der Waals surface area (Å²) in [7, 11) is 0. The van der Waals surface area contributed by atoms with Crippen molar-refractivity contribution in [2.75, 3.05) is 0 Å². The molecule has 2 aromatic heterocycles. The first-order chi connectivity index (χ1) is 11.1. The normalized spacial score (nSPS) is 12.2. The molecule has 1 atom stereocenters. The predicted molar refractivity (Wildman–Crippen MR) is 88.7 cm³/mol. The second-order valence-electron chi connectivity index (χ2n) is 5.12. The number of aromatic nitrogens is 2. The van der Waals surface area contributed by atoms with Crippen LogP contribution in [0, 0.1) is 4.77 Å². The number of amides is 1. The van der Waals surface area contributed by atoms with Gasteiger partial charge in [-0.25, -0.2) is 0 Å². The summed E-state index contributed by atoms with van der Waals surface area (Å²) < 4.78 is 6.67. The molecular formula is C16H15N3O3S. The topological polar surface area (TPSA) is 80.0 Å². The van der Waals surface area contributed by atoms with Crippen LogP contribution in [-0.4, -0.2) is 15.5 Å². The summed E-state index contributed by atoms with van der Waals surface area (Å²) in [6.07, 6.45) is 1.54. The summed E-state index contributed by atoms with van der Waals surface area (Å²) in [4.78, 5) is 27.9. The lowest BCUT2D eigenvalue weighted by atomic mass is 10.2. The largest absolute Gasteiger partial charge is 0.467 e. The van der Waals surface area contributed by atoms with Gasteiger partial charge in [-0.1, -0.05) is 12.1 Å². The SMILES string of the molecule is C[C@H](C(=O)NCc1ccco1)n1c(=S)[nH]c2ccccc2c1=O. The second-order valence-corrected chi connectivity index (χ2v) is 5.51. The van der Waals surface area contributed by atoms with Crippen LogP contribution in [0.1, 0.15) is 18.7 Å². The molecule has 6 nitrogen and oxygen atoms in total. The van der Waals surface area contributed by atoms with Gasteiger partial charge in [0.25, 0.3) is 5.56 Å². The van der Waals surface area contributed by atoms with E-state index >= 15 is 0 Å². The quantitative estimate of drug-likeness (QED) is 0.721. The third-order valence-corrected chi connectivity index (χ3v) is 3.92. The van der Waals surface area contributed by atoms with Gasteiger partial charge in [-0.05, 0) is 43.4 Å². The van der Waals surface area contributed by atoms with Crippen molar-refractivity contribution in [3.63, 3.8) is 0 Å². The Hall–Kier alpha value is -2.67. The minimum absolute atomic E-state index is 0.217. The van der Waals surface area contributed by atoms with Crippen LogP contribution in [0.5, 0.6) is 0 Å². The van der Waals surface area contributed by atoms with Gasteiger partial charge in [-0.15, -0.1) is 0 Å². The van der Waals surface area contributed by atoms with Gasteiger partial charge in [0.1, 0.15) is 11.8 Å². The summed E-state index contributed by atoms with van der Waals surface area (Å²) in [5.74, 6) is 0.333. The smallest absolute Gasteiger partial charge is 0.262 e. The maximum Gasteiger partial charge on any atom is 0.262 e. The fourth-order valence-electron chi connectivity index (χ4n) is 2.38. The molecule has 0 fully saturated rings. The molecule has 0 spiro atoms. The van der Waals surface area contributed by atoms with Crippen molar-refractivity contribution in [2.45, 2.75) is 19.5 Å². The second kappa shape index (κ2) is 6.21. The van der Waals surface area contributed by atoms with E-state index in [-0.39, 0.29) is 22.8 Å². The van der Waals surface area contributed by atoms with Gasteiger partial charge >= 0.3 is 0 Å². The van der Waals surface area contributed by atoms with E-state index in [1.807, 2.05) is 6.07 Å². The molecule has 1 amide bonds. The van der Waals surface area contributed by atoms with E-state index in [9.17, 15) is 9.59 Å². The van der Waals surface area contributed by atoms with Gasteiger partial charge < -0.3 is 14.7 Å². The molecule has 23 heavy (non-hydrogen) atoms. The highest BCUT2D eigenvalue weighted by atomic mass is 32.1. The lowest BCUT2D eigenvalue weighted by Crippen LogP contribution is -2.36. The zero-order valence-electron chi connectivity index (χ0n) is 12.4. The van der Waals surface area contributed by atoms with E-state index in [0.717, 1.165) is 0 Å². The molecule has 3 rings (SSSR count). The molecular weight excluding hydrogens is 314 g/mol. The van der Waals surface area contributed by atoms with E-state index in [1.54, 1.807) is 37.3 Å². The van der Waals surface area contributed by atoms with Crippen molar-refractivity contribution >= 4 is 29.0 Å². The van der Waals surface area contributed by atoms with Gasteiger partial charge in [0.15, 0.2) is 4.77 Å². The van der Waals surface area contributed by atoms with E-state index in [0.29, 0.717) is 16.7 Å². The third-order valence-electron chi connectivity index (χ3n) is 3.62. The van der Waals surface area contributed by atoms with Crippen LogP contribution in [0.4, 0.5) is 0 Å². The molecule has 0 bridgehead atoms. The van der Waals surface area contributed by atoms with Gasteiger partial charge in [0.2, 0.25) is 5.91 Å². The Balaban J connectivity index is 1.91. The molecule has 0 aliphatic carbocycles. The van der Waals surface area contributed by atoms with Crippen molar-refractivity contribution in [1.29, 1.82) is 0 Å². The first-order valence-corrected chi connectivity index (χ1v) is 7.52. The summed E-state index contributed by atoms with van der Waals surface area (Å²) in [5, 5.41) is 3.23. The van der Waals surface area contributed by atoms with Crippen LogP contribution in [0.2, 0.25) is 0 Å². The average Bonchev–Trinajstić information content (AvgIpc) is 3.06. The standard InChI is InChI=1S/C16H15N3O3S/c1-10(14(20)17-9-11-5-4-8-22-11)19-15(21)12-6-2-3-7-13(12)18-16(19)23/h2-8,10H,9H2,1H3,(H,17,20)(H,18,23)/t10-/m1/s1. The number of para-hydroxylation sites is 1. The number of fused-ring (bicyclic) bond motifs is 1. The molecule has 0 saturated heterocycles. The first-order valence-electron chi connectivity index (χ1n) is 7.11. The van der Waals surface area contributed by atoms with Gasteiger partial charge in [-0.2, -0.15) is 0 Å². The third kappa shape index (κ3) is 2.95. The summed E-state index contributed by atoms with van der Waals surface area (Å²) >= 11 is 5.24. The highest BCUT2D eigenvalue weighted by Gasteiger charge is 2.18. The maximum atomic E-state index is 12.6. The van der Waals surface area contributed by atoms with Crippen LogP contribution in [0.25, 0.3) is 10.9 Å². The van der Waals surface area contributed by atoms with Crippen LogP contribution in [-0.2, 0) is 11.3 Å². The average molecular weight is 329 g/mol. The van der Waals surface area contributed by atoms with Gasteiger partial charge in [0, 0.05) is 0 Å². The number of hydrogen-bond acceptors (Lipinski definition) is 4. The van der Waals surface area contributed by atoms with Crippen molar-refractivity contribution in [1.82, 2.24) is 14.9 Å². The van der Waals surface area contributed by atoms with Crippen molar-refractivity contribution in [3.05, 3.63) is 63.5 Å². The molecule has 3 aromatic rings. The Morgan fingerprint density at radius 2 is 2.13 bits per heavy atom. The fraction of sp³-hybridized carbons (Fsp3) is 0.188. The monoisotopic (exact) mass is 329 g/mol. The minimum atomic E-state index is -0.731. The summed E-state index contributed by atoms with van der Waals surface area (Å²) in [5.41, 5.74) is 0.368. The molecule has 0 aliphatic heterocycles. The highest BCUT2D eigenvalue weighted by Crippen LogP contribution is 2.10. The first kappa shape index (κ1) is 15.2. The molecule has 7 heteroatoms. The zero-order valence-corrected chi connectivity index (χ0v) is 13.2. The van der Waals surface area contributed by atoms with Gasteiger partial charge in [-0.3, -0.25) is 14.2 Å². The van der Waals surface area contributed by atoms with E-state index in [1.165, 1.54) is 10.8 Å². The molecule has 118 valence electrons. The van der Waals surface area contributed by atoms with E-state index in [4.69, 9.17) is 16.6 Å². The number of furan rings is 1. The van der Waals surface area contributed by atoms with Crippen LogP contribution >= 0.6 is 12.2 Å². The van der Waals surface area contributed by atoms with Crippen molar-refractivity contribution < 1.29 is 9.21 Å². The maximum absolute atomic E-state index is 12.6. The Kier molecular flexibility index (Phi) is 4.12. The molecule has 0 radical (unpaired) electrons. The van der Waals surface area contributed by atoms with E-state index < -0.39 is 6.04 Å². The number of nitrogens with one attached hydrogen (secondary N) is 2. The highest BCUT2D eigenvalue weighted by molar-refractivity contribution is 7.71. The Bertz CT molecular complexity index is 957. The summed E-state index contributed by atoms with van der Waals surface area (Å²) in [6.45, 7) is 1.90. The number of rotatable bonds is 4. The number of aromatic amines is 1. The molecule has 1 aromatic carbocycles. The number of H-pyrrole nitrogens is 1. The lowest BCUT2D eigenvalue weighted by molar-refractivity contribution is -0.124. The molecule has 2 N–H and O–H groups in total. The van der Waals surface area contributed by atoms with Crippen LogP contribution < -0.4 is 10.9 Å². The molecule has 0 aliphatic rings. The Labute approximate surface area is 136 Å². The van der Waals surface area contributed by atoms with Crippen molar-refractivity contribution in [2.24, 2.45) is 0 Å². The van der Waals surface area contributed by atoms with Crippen molar-refractivity contribution in [3.8, 4) is 0 Å². The van der Waals surface area contributed by atoms with Crippen LogP contribution in [0.15, 0.2) is 51.9 Å². The molecule has 0 saturated carbocycles. The summed E-state index contributed by atoms with van der Waals surface area (Å²) in [6, 6.07) is 9.84. The Morgan fingerprint density at radius 1 is 1.35 bits per heavy atom. The van der Waals surface area contributed by atoms with E-state index in [2.05, 4.69) is 10.3 Å². The number of carbonyl (C=O) groups excluding carboxylic acids is 1. The number of carbonyl (C=O) groups is 1. The fourth-order valence-corrected chi connectivity index (χ4v) is 2.73.